The molecule has 0 saturated carbocycles. The third-order valence-electron chi connectivity index (χ3n) is 3.65. The van der Waals surface area contributed by atoms with Gasteiger partial charge in [0.15, 0.2) is 0 Å². The molecule has 1 fully saturated rings. The van der Waals surface area contributed by atoms with Gasteiger partial charge >= 0.3 is 0 Å². The van der Waals surface area contributed by atoms with Crippen LogP contribution >= 0.6 is 0 Å². The van der Waals surface area contributed by atoms with Gasteiger partial charge in [0.2, 0.25) is 0 Å². The average molecular weight is 271 g/mol. The molecule has 1 aliphatic heterocycles. The average Bonchev–Trinajstić information content (AvgIpc) is 2.74. The van der Waals surface area contributed by atoms with Gasteiger partial charge in [0, 0.05) is 44.8 Å². The normalized spacial score (nSPS) is 15.4. The second kappa shape index (κ2) is 8.47. The maximum atomic E-state index is 4.20. The second-order valence-corrected chi connectivity index (χ2v) is 5.28. The summed E-state index contributed by atoms with van der Waals surface area (Å²) in [5.74, 6) is 3.32. The SMILES string of the molecule is CCCCCC#CN1CCCN(c2cccnc2)CC1. The minimum absolute atomic E-state index is 1.02. The van der Waals surface area contributed by atoms with Crippen molar-refractivity contribution in [3.63, 3.8) is 0 Å². The summed E-state index contributed by atoms with van der Waals surface area (Å²) in [5, 5.41) is 0. The number of aromatic nitrogens is 1. The highest BCUT2D eigenvalue weighted by Gasteiger charge is 2.12. The Morgan fingerprint density at radius 2 is 2.15 bits per heavy atom. The van der Waals surface area contributed by atoms with E-state index in [9.17, 15) is 0 Å². The summed E-state index contributed by atoms with van der Waals surface area (Å²) in [6.07, 6.45) is 9.78. The minimum atomic E-state index is 1.02. The maximum absolute atomic E-state index is 4.20. The maximum Gasteiger partial charge on any atom is 0.0553 e. The Morgan fingerprint density at radius 3 is 2.95 bits per heavy atom. The molecular formula is C17H25N3. The highest BCUT2D eigenvalue weighted by atomic mass is 15.2. The van der Waals surface area contributed by atoms with E-state index >= 15 is 0 Å². The molecule has 0 aliphatic carbocycles. The lowest BCUT2D eigenvalue weighted by atomic mass is 10.2. The second-order valence-electron chi connectivity index (χ2n) is 5.28. The van der Waals surface area contributed by atoms with Crippen molar-refractivity contribution in [2.75, 3.05) is 31.1 Å². The van der Waals surface area contributed by atoms with E-state index in [1.807, 2.05) is 18.5 Å². The van der Waals surface area contributed by atoms with Crippen LogP contribution in [0.2, 0.25) is 0 Å². The molecule has 3 heteroatoms. The molecule has 108 valence electrons. The van der Waals surface area contributed by atoms with E-state index in [2.05, 4.69) is 39.7 Å². The van der Waals surface area contributed by atoms with E-state index in [4.69, 9.17) is 0 Å². The summed E-state index contributed by atoms with van der Waals surface area (Å²) in [6, 6.07) is 7.48. The summed E-state index contributed by atoms with van der Waals surface area (Å²) < 4.78 is 0. The summed E-state index contributed by atoms with van der Waals surface area (Å²) in [7, 11) is 0. The zero-order chi connectivity index (χ0) is 14.0. The van der Waals surface area contributed by atoms with Crippen molar-refractivity contribution >= 4 is 5.69 Å². The number of pyridine rings is 1. The van der Waals surface area contributed by atoms with Gasteiger partial charge in [-0.3, -0.25) is 4.98 Å². The molecule has 2 rings (SSSR count). The Hall–Kier alpha value is -1.69. The van der Waals surface area contributed by atoms with Gasteiger partial charge in [-0.2, -0.15) is 0 Å². The van der Waals surface area contributed by atoms with Crippen LogP contribution in [0.1, 0.15) is 39.0 Å². The molecule has 3 nitrogen and oxygen atoms in total. The molecule has 1 saturated heterocycles. The number of rotatable bonds is 4. The lowest BCUT2D eigenvalue weighted by Crippen LogP contribution is -2.28. The fourth-order valence-electron chi connectivity index (χ4n) is 2.46. The van der Waals surface area contributed by atoms with Crippen LogP contribution in [0.4, 0.5) is 5.69 Å². The van der Waals surface area contributed by atoms with Crippen molar-refractivity contribution in [3.05, 3.63) is 24.5 Å². The van der Waals surface area contributed by atoms with Crippen molar-refractivity contribution in [1.29, 1.82) is 0 Å². The van der Waals surface area contributed by atoms with Gasteiger partial charge in [-0.1, -0.05) is 25.7 Å². The summed E-state index contributed by atoms with van der Waals surface area (Å²) >= 11 is 0. The number of hydrogen-bond donors (Lipinski definition) is 0. The molecule has 0 aromatic carbocycles. The molecule has 20 heavy (non-hydrogen) atoms. The summed E-state index contributed by atoms with van der Waals surface area (Å²) in [4.78, 5) is 8.89. The predicted octanol–water partition coefficient (Wildman–Crippen LogP) is 3.13. The molecule has 2 heterocycles. The Morgan fingerprint density at radius 1 is 1.20 bits per heavy atom. The largest absolute Gasteiger partial charge is 0.368 e. The third kappa shape index (κ3) is 4.77. The van der Waals surface area contributed by atoms with Crippen LogP contribution in [0.15, 0.2) is 24.5 Å². The minimum Gasteiger partial charge on any atom is -0.368 e. The first-order valence-corrected chi connectivity index (χ1v) is 7.78. The third-order valence-corrected chi connectivity index (χ3v) is 3.65. The van der Waals surface area contributed by atoms with E-state index in [1.165, 1.54) is 31.4 Å². The van der Waals surface area contributed by atoms with Gasteiger partial charge in [0.05, 0.1) is 11.9 Å². The number of hydrogen-bond acceptors (Lipinski definition) is 3. The highest BCUT2D eigenvalue weighted by Crippen LogP contribution is 2.14. The molecule has 0 atom stereocenters. The summed E-state index contributed by atoms with van der Waals surface area (Å²) in [5.41, 5.74) is 1.23. The molecule has 1 aliphatic rings. The molecule has 1 aromatic heterocycles. The van der Waals surface area contributed by atoms with E-state index < -0.39 is 0 Å². The molecule has 0 amide bonds. The van der Waals surface area contributed by atoms with Gasteiger partial charge in [-0.05, 0) is 25.0 Å². The first-order chi connectivity index (χ1) is 9.90. The topological polar surface area (TPSA) is 19.4 Å². The first kappa shape index (κ1) is 14.7. The molecule has 0 radical (unpaired) electrons. The van der Waals surface area contributed by atoms with E-state index in [-0.39, 0.29) is 0 Å². The van der Waals surface area contributed by atoms with Crippen molar-refractivity contribution in [3.8, 4) is 12.0 Å². The van der Waals surface area contributed by atoms with Gasteiger partial charge in [-0.15, -0.1) is 0 Å². The van der Waals surface area contributed by atoms with E-state index in [1.54, 1.807) is 0 Å². The van der Waals surface area contributed by atoms with Crippen LogP contribution in [0.3, 0.4) is 0 Å². The molecular weight excluding hydrogens is 246 g/mol. The number of nitrogens with zero attached hydrogens (tertiary/aromatic N) is 3. The van der Waals surface area contributed by atoms with Gasteiger partial charge in [0.25, 0.3) is 0 Å². The van der Waals surface area contributed by atoms with Gasteiger partial charge in [0.1, 0.15) is 0 Å². The van der Waals surface area contributed by atoms with Crippen LogP contribution in [0.25, 0.3) is 0 Å². The van der Waals surface area contributed by atoms with Crippen LogP contribution in [0.5, 0.6) is 0 Å². The Labute approximate surface area is 123 Å². The Balaban J connectivity index is 1.80. The van der Waals surface area contributed by atoms with E-state index in [0.717, 1.165) is 32.6 Å². The van der Waals surface area contributed by atoms with Crippen molar-refractivity contribution in [2.24, 2.45) is 0 Å². The van der Waals surface area contributed by atoms with Gasteiger partial charge in [-0.25, -0.2) is 0 Å². The van der Waals surface area contributed by atoms with Crippen LogP contribution < -0.4 is 4.90 Å². The van der Waals surface area contributed by atoms with Crippen molar-refractivity contribution in [2.45, 2.75) is 39.0 Å². The summed E-state index contributed by atoms with van der Waals surface area (Å²) in [6.45, 7) is 6.47. The first-order valence-electron chi connectivity index (χ1n) is 7.78. The Kier molecular flexibility index (Phi) is 6.23. The molecule has 0 spiro atoms. The van der Waals surface area contributed by atoms with E-state index in [0.29, 0.717) is 0 Å². The molecule has 1 aromatic rings. The quantitative estimate of drug-likeness (QED) is 0.619. The zero-order valence-electron chi connectivity index (χ0n) is 12.5. The molecule has 0 N–H and O–H groups in total. The molecule has 0 bridgehead atoms. The van der Waals surface area contributed by atoms with Crippen LogP contribution in [-0.2, 0) is 0 Å². The Bertz CT molecular complexity index is 433. The lowest BCUT2D eigenvalue weighted by molar-refractivity contribution is 0.427. The molecule has 0 unspecified atom stereocenters. The lowest BCUT2D eigenvalue weighted by Gasteiger charge is -2.21. The van der Waals surface area contributed by atoms with Crippen LogP contribution in [0, 0.1) is 12.0 Å². The fraction of sp³-hybridized carbons (Fsp3) is 0.588. The smallest absolute Gasteiger partial charge is 0.0553 e. The standard InChI is InChI=1S/C17H25N3/c1-2-3-4-5-6-11-19-12-8-13-20(15-14-19)17-9-7-10-18-16-17/h7,9-10,16H,2-5,8,12-15H2,1H3. The monoisotopic (exact) mass is 271 g/mol. The highest BCUT2D eigenvalue weighted by molar-refractivity contribution is 5.43. The number of anilines is 1. The fourth-order valence-corrected chi connectivity index (χ4v) is 2.46. The zero-order valence-corrected chi connectivity index (χ0v) is 12.5. The number of unbranched alkanes of at least 4 members (excludes halogenated alkanes) is 3. The van der Waals surface area contributed by atoms with Gasteiger partial charge < -0.3 is 9.80 Å². The predicted molar refractivity (Wildman–Crippen MR) is 84.6 cm³/mol. The van der Waals surface area contributed by atoms with Crippen molar-refractivity contribution in [1.82, 2.24) is 9.88 Å². The van der Waals surface area contributed by atoms with Crippen molar-refractivity contribution < 1.29 is 0 Å². The van der Waals surface area contributed by atoms with Crippen LogP contribution in [-0.4, -0.2) is 36.1 Å².